The molecule has 0 aliphatic rings. The second kappa shape index (κ2) is 19.0. The van der Waals surface area contributed by atoms with Crippen LogP contribution in [0.5, 0.6) is 0 Å². The van der Waals surface area contributed by atoms with Crippen molar-refractivity contribution in [3.05, 3.63) is 42.5 Å². The summed E-state index contributed by atoms with van der Waals surface area (Å²) in [5.41, 5.74) is 0. The second-order valence-corrected chi connectivity index (χ2v) is 11.3. The first kappa shape index (κ1) is 29.6. The summed E-state index contributed by atoms with van der Waals surface area (Å²) in [6, 6.07) is 11.8. The van der Waals surface area contributed by atoms with Gasteiger partial charge in [-0.2, -0.15) is 8.42 Å². The van der Waals surface area contributed by atoms with E-state index in [-0.39, 0.29) is 4.90 Å². The molecule has 2 rings (SSSR count). The van der Waals surface area contributed by atoms with E-state index in [0.717, 1.165) is 5.39 Å². The summed E-state index contributed by atoms with van der Waals surface area (Å²) in [7, 11) is -4.13. The minimum atomic E-state index is -4.13. The third-order valence-electron chi connectivity index (χ3n) is 5.98. The molecule has 0 aliphatic carbocycles. The van der Waals surface area contributed by atoms with Crippen molar-refractivity contribution in [3.8, 4) is 0 Å². The first-order chi connectivity index (χ1) is 15.5. The molecule has 0 saturated carbocycles. The van der Waals surface area contributed by atoms with Gasteiger partial charge in [-0.3, -0.25) is 4.55 Å². The summed E-state index contributed by atoms with van der Waals surface area (Å²) >= 11 is 1.41. The summed E-state index contributed by atoms with van der Waals surface area (Å²) in [6.45, 7) is 2.30. The average Bonchev–Trinajstić information content (AvgIpc) is 2.79. The van der Waals surface area contributed by atoms with Crippen molar-refractivity contribution in [1.29, 1.82) is 0 Å². The molecule has 0 unspecified atom stereocenters. The Balaban J connectivity index is 0.000000328. The van der Waals surface area contributed by atoms with Gasteiger partial charge in [0.2, 0.25) is 0 Å². The van der Waals surface area contributed by atoms with Crippen molar-refractivity contribution < 1.29 is 13.0 Å². The van der Waals surface area contributed by atoms with Crippen LogP contribution >= 0.6 is 0 Å². The van der Waals surface area contributed by atoms with Crippen LogP contribution in [-0.4, -0.2) is 40.9 Å². The Bertz CT molecular complexity index is 799. The van der Waals surface area contributed by atoms with Crippen molar-refractivity contribution >= 4 is 48.8 Å². The fourth-order valence-corrected chi connectivity index (χ4v) is 5.26. The van der Waals surface area contributed by atoms with Crippen LogP contribution < -0.4 is 0 Å². The van der Waals surface area contributed by atoms with Crippen molar-refractivity contribution in [1.82, 2.24) is 0 Å². The van der Waals surface area contributed by atoms with E-state index >= 15 is 0 Å². The van der Waals surface area contributed by atoms with Gasteiger partial charge in [0.25, 0.3) is 10.1 Å². The first-order valence-electron chi connectivity index (χ1n) is 13.0. The molecule has 0 fully saturated rings. The van der Waals surface area contributed by atoms with Crippen LogP contribution in [0.25, 0.3) is 10.8 Å². The molecule has 0 saturated heterocycles. The van der Waals surface area contributed by atoms with E-state index in [1.54, 1.807) is 30.3 Å². The van der Waals surface area contributed by atoms with Gasteiger partial charge in [0.15, 0.2) is 0 Å². The zero-order valence-corrected chi connectivity index (χ0v) is 23.3. The van der Waals surface area contributed by atoms with E-state index in [2.05, 4.69) is 6.92 Å². The number of rotatable bonds is 16. The molecule has 0 bridgehead atoms. The fourth-order valence-electron chi connectivity index (χ4n) is 4.04. The quantitative estimate of drug-likeness (QED) is 0.152. The Morgan fingerprint density at radius 1 is 0.656 bits per heavy atom. The van der Waals surface area contributed by atoms with Gasteiger partial charge in [0, 0.05) is 5.39 Å². The van der Waals surface area contributed by atoms with Crippen LogP contribution in [0.1, 0.15) is 103 Å². The molecular weight excluding hydrogens is 427 g/mol. The summed E-state index contributed by atoms with van der Waals surface area (Å²) < 4.78 is 32.5. The van der Waals surface area contributed by atoms with Gasteiger partial charge in [-0.1, -0.05) is 69.0 Å². The van der Waals surface area contributed by atoms with E-state index in [1.807, 2.05) is 6.07 Å². The van der Waals surface area contributed by atoms with Crippen LogP contribution in [0, 0.1) is 0 Å². The van der Waals surface area contributed by atoms with Crippen molar-refractivity contribution in [2.75, 3.05) is 0 Å². The minimum absolute atomic E-state index is 0.0457. The maximum absolute atomic E-state index is 11.0. The Morgan fingerprint density at radius 2 is 1.09 bits per heavy atom. The van der Waals surface area contributed by atoms with Gasteiger partial charge in [0.1, 0.15) is 4.90 Å². The maximum atomic E-state index is 11.0. The number of hydrogen-bond donors (Lipinski definition) is 1. The molecule has 0 heterocycles. The SMILES string of the molecule is CCCCCCCCCCCCCCCC[CH2][Na].O=S(=O)(O)c1cccc2ccccc12. The van der Waals surface area contributed by atoms with Crippen LogP contribution in [0.4, 0.5) is 0 Å². The molecule has 2 aromatic carbocycles. The Morgan fingerprint density at radius 3 is 1.56 bits per heavy atom. The van der Waals surface area contributed by atoms with Gasteiger partial charge in [-0.05, 0) is 11.5 Å². The molecule has 0 spiro atoms. The topological polar surface area (TPSA) is 54.4 Å². The Kier molecular flexibility index (Phi) is 17.6. The molecule has 5 heteroatoms. The summed E-state index contributed by atoms with van der Waals surface area (Å²) in [4.78, 5) is -0.0457. The number of benzene rings is 2. The molecule has 0 atom stereocenters. The third-order valence-corrected chi connectivity index (χ3v) is 7.60. The second-order valence-electron chi connectivity index (χ2n) is 8.90. The van der Waals surface area contributed by atoms with Crippen molar-refractivity contribution in [2.45, 2.75) is 112 Å². The molecule has 0 aliphatic heterocycles. The molecular formula is C27H43NaO3S. The van der Waals surface area contributed by atoms with E-state index in [4.69, 9.17) is 4.55 Å². The van der Waals surface area contributed by atoms with E-state index < -0.39 is 10.1 Å². The Hall–Kier alpha value is -0.390. The number of fused-ring (bicyclic) bond motifs is 1. The zero-order chi connectivity index (χ0) is 23.5. The van der Waals surface area contributed by atoms with Crippen LogP contribution in [0.3, 0.4) is 0 Å². The predicted molar refractivity (Wildman–Crippen MR) is 139 cm³/mol. The Labute approximate surface area is 214 Å². The average molecular weight is 471 g/mol. The van der Waals surface area contributed by atoms with E-state index in [1.165, 1.54) is 134 Å². The molecule has 0 radical (unpaired) electrons. The molecule has 0 amide bonds. The van der Waals surface area contributed by atoms with E-state index in [0.29, 0.717) is 5.39 Å². The summed E-state index contributed by atoms with van der Waals surface area (Å²) in [5.74, 6) is 0. The van der Waals surface area contributed by atoms with Crippen molar-refractivity contribution in [3.63, 3.8) is 0 Å². The van der Waals surface area contributed by atoms with Crippen LogP contribution in [0.2, 0.25) is 3.67 Å². The van der Waals surface area contributed by atoms with Gasteiger partial charge in [-0.15, -0.1) is 0 Å². The monoisotopic (exact) mass is 470 g/mol. The number of hydrogen-bond acceptors (Lipinski definition) is 2. The molecule has 1 N–H and O–H groups in total. The molecule has 32 heavy (non-hydrogen) atoms. The third kappa shape index (κ3) is 14.0. The van der Waals surface area contributed by atoms with Gasteiger partial charge >= 0.3 is 102 Å². The summed E-state index contributed by atoms with van der Waals surface area (Å²) in [6.07, 6.45) is 22.2. The van der Waals surface area contributed by atoms with Gasteiger partial charge < -0.3 is 0 Å². The summed E-state index contributed by atoms with van der Waals surface area (Å²) in [5, 5.41) is 1.33. The fraction of sp³-hybridized carbons (Fsp3) is 0.630. The normalized spacial score (nSPS) is 11.4. The van der Waals surface area contributed by atoms with Crippen molar-refractivity contribution in [2.24, 2.45) is 0 Å². The predicted octanol–water partition coefficient (Wildman–Crippen LogP) is 8.53. The van der Waals surface area contributed by atoms with Gasteiger partial charge in [-0.25, -0.2) is 0 Å². The molecule has 3 nitrogen and oxygen atoms in total. The van der Waals surface area contributed by atoms with Crippen LogP contribution in [-0.2, 0) is 10.1 Å². The maximum Gasteiger partial charge on any atom is 0.295 e. The standard InChI is InChI=1S/C17H35.C10H8O3S.Na/c1-3-5-7-9-11-13-15-17-16-14-12-10-8-6-4-2;11-14(12,13)10-7-3-5-8-4-1-2-6-9(8)10;/h1,3-17H2,2H3;1-7H,(H,11,12,13);. The van der Waals surface area contributed by atoms with Gasteiger partial charge in [0.05, 0.1) is 0 Å². The first-order valence-corrected chi connectivity index (χ1v) is 15.8. The molecule has 2 aromatic rings. The zero-order valence-electron chi connectivity index (χ0n) is 20.5. The smallest absolute Gasteiger partial charge is 0.282 e. The van der Waals surface area contributed by atoms with E-state index in [9.17, 15) is 8.42 Å². The van der Waals surface area contributed by atoms with Crippen LogP contribution in [0.15, 0.2) is 47.4 Å². The largest absolute Gasteiger partial charge is 0.295 e. The minimum Gasteiger partial charge on any atom is -0.282 e. The number of unbranched alkanes of at least 4 members (excludes halogenated alkanes) is 14. The molecule has 176 valence electrons. The molecule has 0 aromatic heterocycles.